The molecule has 116 valence electrons. The molecule has 0 aliphatic heterocycles. The van der Waals surface area contributed by atoms with E-state index in [2.05, 4.69) is 5.32 Å². The monoisotopic (exact) mass is 296 g/mol. The second-order valence-corrected chi connectivity index (χ2v) is 5.95. The van der Waals surface area contributed by atoms with Gasteiger partial charge in [0.25, 0.3) is 0 Å². The fourth-order valence-corrected chi connectivity index (χ4v) is 2.94. The average Bonchev–Trinajstić information content (AvgIpc) is 2.49. The van der Waals surface area contributed by atoms with Crippen LogP contribution < -0.4 is 11.1 Å². The summed E-state index contributed by atoms with van der Waals surface area (Å²) in [7, 11) is 0. The Morgan fingerprint density at radius 3 is 2.57 bits per heavy atom. The largest absolute Gasteiger partial charge is 0.355 e. The molecule has 0 aromatic heterocycles. The smallest absolute Gasteiger partial charge is 0.224 e. The van der Waals surface area contributed by atoms with Gasteiger partial charge in [-0.3, -0.25) is 4.79 Å². The van der Waals surface area contributed by atoms with Crippen molar-refractivity contribution in [3.63, 3.8) is 0 Å². The third-order valence-corrected chi connectivity index (χ3v) is 4.37. The minimum atomic E-state index is -0.684. The lowest BCUT2D eigenvalue weighted by Crippen LogP contribution is -2.44. The molecule has 1 aliphatic carbocycles. The topological polar surface area (TPSA) is 55.1 Å². The number of amides is 1. The van der Waals surface area contributed by atoms with Crippen molar-refractivity contribution >= 4 is 5.91 Å². The summed E-state index contributed by atoms with van der Waals surface area (Å²) >= 11 is 0. The van der Waals surface area contributed by atoms with Crippen molar-refractivity contribution in [1.29, 1.82) is 0 Å². The molecule has 0 bridgehead atoms. The van der Waals surface area contributed by atoms with Gasteiger partial charge in [0.2, 0.25) is 5.91 Å². The van der Waals surface area contributed by atoms with Crippen LogP contribution in [0.1, 0.15) is 37.7 Å². The van der Waals surface area contributed by atoms with Gasteiger partial charge in [0, 0.05) is 12.6 Å². The Labute approximate surface area is 123 Å². The molecule has 0 atom stereocenters. The summed E-state index contributed by atoms with van der Waals surface area (Å²) in [5.74, 6) is -1.57. The summed E-state index contributed by atoms with van der Waals surface area (Å²) in [5, 5.41) is 2.86. The molecule has 0 spiro atoms. The highest BCUT2D eigenvalue weighted by molar-refractivity contribution is 5.78. The van der Waals surface area contributed by atoms with Crippen LogP contribution in [0.4, 0.5) is 8.78 Å². The van der Waals surface area contributed by atoms with Crippen molar-refractivity contribution in [2.45, 2.75) is 38.5 Å². The fraction of sp³-hybridized carbons (Fsp3) is 0.562. The van der Waals surface area contributed by atoms with Gasteiger partial charge in [-0.1, -0.05) is 25.3 Å². The average molecular weight is 296 g/mol. The minimum absolute atomic E-state index is 0.0186. The number of hydrogen-bond donors (Lipinski definition) is 2. The lowest BCUT2D eigenvalue weighted by atomic mass is 9.74. The number of carbonyl (C=O) groups excluding carboxylic acids is 1. The van der Waals surface area contributed by atoms with Crippen LogP contribution in [0.2, 0.25) is 0 Å². The Balaban J connectivity index is 1.89. The maximum Gasteiger partial charge on any atom is 0.224 e. The molecule has 3 N–H and O–H groups in total. The van der Waals surface area contributed by atoms with Gasteiger partial charge >= 0.3 is 0 Å². The molecule has 1 saturated carbocycles. The van der Waals surface area contributed by atoms with Gasteiger partial charge in [-0.25, -0.2) is 8.78 Å². The number of carbonyl (C=O) groups is 1. The van der Waals surface area contributed by atoms with Crippen molar-refractivity contribution in [2.75, 3.05) is 13.1 Å². The van der Waals surface area contributed by atoms with E-state index in [1.54, 1.807) is 0 Å². The van der Waals surface area contributed by atoms with Crippen LogP contribution in [0.5, 0.6) is 0 Å². The number of benzene rings is 1. The standard InChI is InChI=1S/C16H22F2N2O/c17-13-5-4-12(14(18)9-13)8-15(21)20-11-16(10-19)6-2-1-3-7-16/h4-5,9H,1-3,6-8,10-11,19H2,(H,20,21). The van der Waals surface area contributed by atoms with Gasteiger partial charge < -0.3 is 11.1 Å². The highest BCUT2D eigenvalue weighted by Crippen LogP contribution is 2.34. The van der Waals surface area contributed by atoms with E-state index < -0.39 is 11.6 Å². The molecule has 0 heterocycles. The van der Waals surface area contributed by atoms with Crippen molar-refractivity contribution < 1.29 is 13.6 Å². The van der Waals surface area contributed by atoms with E-state index in [-0.39, 0.29) is 23.3 Å². The lowest BCUT2D eigenvalue weighted by Gasteiger charge is -2.36. The van der Waals surface area contributed by atoms with Crippen LogP contribution in [0, 0.1) is 17.0 Å². The maximum atomic E-state index is 13.5. The first-order chi connectivity index (χ1) is 10.0. The summed E-state index contributed by atoms with van der Waals surface area (Å²) < 4.78 is 26.3. The first kappa shape index (κ1) is 15.9. The maximum absolute atomic E-state index is 13.5. The Morgan fingerprint density at radius 1 is 1.24 bits per heavy atom. The van der Waals surface area contributed by atoms with Gasteiger partial charge in [-0.15, -0.1) is 0 Å². The van der Waals surface area contributed by atoms with E-state index in [0.29, 0.717) is 13.1 Å². The highest BCUT2D eigenvalue weighted by Gasteiger charge is 2.30. The molecule has 1 aromatic rings. The minimum Gasteiger partial charge on any atom is -0.355 e. The number of nitrogens with two attached hydrogens (primary N) is 1. The SMILES string of the molecule is NCC1(CNC(=O)Cc2ccc(F)cc2F)CCCCC1. The van der Waals surface area contributed by atoms with Crippen molar-refractivity contribution in [1.82, 2.24) is 5.32 Å². The molecule has 0 unspecified atom stereocenters. The normalized spacial score (nSPS) is 17.5. The van der Waals surface area contributed by atoms with E-state index in [1.807, 2.05) is 0 Å². The summed E-state index contributed by atoms with van der Waals surface area (Å²) in [6.45, 7) is 1.09. The summed E-state index contributed by atoms with van der Waals surface area (Å²) in [6.07, 6.45) is 5.46. The number of nitrogens with one attached hydrogen (secondary N) is 1. The lowest BCUT2D eigenvalue weighted by molar-refractivity contribution is -0.121. The predicted molar refractivity (Wildman–Crippen MR) is 77.6 cm³/mol. The Kier molecular flexibility index (Phi) is 5.28. The van der Waals surface area contributed by atoms with Gasteiger partial charge in [0.1, 0.15) is 11.6 Å². The first-order valence-corrected chi connectivity index (χ1v) is 7.45. The van der Waals surface area contributed by atoms with E-state index in [9.17, 15) is 13.6 Å². The van der Waals surface area contributed by atoms with E-state index in [1.165, 1.54) is 12.5 Å². The summed E-state index contributed by atoms with van der Waals surface area (Å²) in [4.78, 5) is 11.9. The van der Waals surface area contributed by atoms with Crippen LogP contribution in [-0.2, 0) is 11.2 Å². The number of halogens is 2. The van der Waals surface area contributed by atoms with E-state index >= 15 is 0 Å². The van der Waals surface area contributed by atoms with Crippen molar-refractivity contribution in [3.8, 4) is 0 Å². The second-order valence-electron chi connectivity index (χ2n) is 5.95. The Morgan fingerprint density at radius 2 is 1.95 bits per heavy atom. The predicted octanol–water partition coefficient (Wildman–Crippen LogP) is 2.53. The van der Waals surface area contributed by atoms with Crippen LogP contribution >= 0.6 is 0 Å². The molecule has 3 nitrogen and oxygen atoms in total. The zero-order valence-corrected chi connectivity index (χ0v) is 12.1. The third kappa shape index (κ3) is 4.24. The molecular formula is C16H22F2N2O. The van der Waals surface area contributed by atoms with Gasteiger partial charge in [0.15, 0.2) is 0 Å². The van der Waals surface area contributed by atoms with Crippen LogP contribution in [0.15, 0.2) is 18.2 Å². The highest BCUT2D eigenvalue weighted by atomic mass is 19.1. The molecule has 1 aliphatic rings. The number of hydrogen-bond acceptors (Lipinski definition) is 2. The first-order valence-electron chi connectivity index (χ1n) is 7.45. The molecular weight excluding hydrogens is 274 g/mol. The van der Waals surface area contributed by atoms with Crippen LogP contribution in [0.25, 0.3) is 0 Å². The quantitative estimate of drug-likeness (QED) is 0.877. The zero-order chi connectivity index (χ0) is 15.3. The number of rotatable bonds is 5. The zero-order valence-electron chi connectivity index (χ0n) is 12.1. The van der Waals surface area contributed by atoms with Crippen molar-refractivity contribution in [2.24, 2.45) is 11.1 Å². The second kappa shape index (κ2) is 6.98. The van der Waals surface area contributed by atoms with Gasteiger partial charge in [0.05, 0.1) is 6.42 Å². The van der Waals surface area contributed by atoms with Crippen LogP contribution in [0.3, 0.4) is 0 Å². The molecule has 21 heavy (non-hydrogen) atoms. The van der Waals surface area contributed by atoms with Crippen molar-refractivity contribution in [3.05, 3.63) is 35.4 Å². The van der Waals surface area contributed by atoms with Gasteiger partial charge in [-0.05, 0) is 36.4 Å². The molecule has 1 fully saturated rings. The molecule has 0 saturated heterocycles. The molecule has 1 aromatic carbocycles. The van der Waals surface area contributed by atoms with Gasteiger partial charge in [-0.2, -0.15) is 0 Å². The Hall–Kier alpha value is -1.49. The summed E-state index contributed by atoms with van der Waals surface area (Å²) in [6, 6.07) is 3.27. The fourth-order valence-electron chi connectivity index (χ4n) is 2.94. The summed E-state index contributed by atoms with van der Waals surface area (Å²) in [5.41, 5.74) is 6.05. The third-order valence-electron chi connectivity index (χ3n) is 4.37. The van der Waals surface area contributed by atoms with E-state index in [4.69, 9.17) is 5.73 Å². The van der Waals surface area contributed by atoms with Crippen LogP contribution in [-0.4, -0.2) is 19.0 Å². The molecule has 2 rings (SSSR count). The van der Waals surface area contributed by atoms with E-state index in [0.717, 1.165) is 37.8 Å². The Bertz CT molecular complexity index is 499. The molecule has 1 amide bonds. The molecule has 5 heteroatoms. The molecule has 0 radical (unpaired) electrons.